The van der Waals surface area contributed by atoms with E-state index in [1.54, 1.807) is 11.8 Å². The fourth-order valence-corrected chi connectivity index (χ4v) is 3.90. The Hall–Kier alpha value is -1.67. The summed E-state index contributed by atoms with van der Waals surface area (Å²) in [5.74, 6) is 1.42. The maximum atomic E-state index is 12.7. The van der Waals surface area contributed by atoms with Crippen molar-refractivity contribution in [3.05, 3.63) is 36.2 Å². The van der Waals surface area contributed by atoms with Crippen molar-refractivity contribution in [1.29, 1.82) is 0 Å². The highest BCUT2D eigenvalue weighted by atomic mass is 32.2. The molecule has 25 heavy (non-hydrogen) atoms. The number of benzene rings is 1. The molecular formula is C17H22N4O2S2. The zero-order chi connectivity index (χ0) is 17.6. The Kier molecular flexibility index (Phi) is 6.25. The molecule has 1 aromatic carbocycles. The van der Waals surface area contributed by atoms with Crippen LogP contribution in [0.2, 0.25) is 0 Å². The first-order valence-corrected chi connectivity index (χ1v) is 10.5. The van der Waals surface area contributed by atoms with Crippen LogP contribution in [0.15, 0.2) is 40.0 Å². The van der Waals surface area contributed by atoms with E-state index in [2.05, 4.69) is 27.2 Å². The Balaban J connectivity index is 1.51. The SMILES string of the molecule is CSCc1nnc(SC(C)C(=O)N2CCN(c3ccccc3)CC2)o1. The quantitative estimate of drug-likeness (QED) is 0.716. The third-order valence-electron chi connectivity index (χ3n) is 4.05. The number of nitrogens with zero attached hydrogens (tertiary/aromatic N) is 4. The number of thioether (sulfide) groups is 2. The van der Waals surface area contributed by atoms with Crippen LogP contribution in [0.4, 0.5) is 5.69 Å². The second-order valence-corrected chi connectivity index (χ2v) is 7.96. The highest BCUT2D eigenvalue weighted by molar-refractivity contribution is 8.00. The monoisotopic (exact) mass is 378 g/mol. The second-order valence-electron chi connectivity index (χ2n) is 5.80. The summed E-state index contributed by atoms with van der Waals surface area (Å²) in [6.07, 6.45) is 1.98. The fraction of sp³-hybridized carbons (Fsp3) is 0.471. The van der Waals surface area contributed by atoms with Gasteiger partial charge in [-0.15, -0.1) is 10.2 Å². The van der Waals surface area contributed by atoms with Crippen LogP contribution in [-0.4, -0.2) is 58.7 Å². The third-order valence-corrected chi connectivity index (χ3v) is 5.51. The molecule has 1 amide bonds. The summed E-state index contributed by atoms with van der Waals surface area (Å²) in [6, 6.07) is 10.3. The first-order valence-electron chi connectivity index (χ1n) is 8.24. The first-order chi connectivity index (χ1) is 12.2. The molecule has 1 fully saturated rings. The fourth-order valence-electron chi connectivity index (χ4n) is 2.75. The second kappa shape index (κ2) is 8.62. The van der Waals surface area contributed by atoms with Crippen molar-refractivity contribution < 1.29 is 9.21 Å². The van der Waals surface area contributed by atoms with Gasteiger partial charge in [0.05, 0.1) is 11.0 Å². The maximum Gasteiger partial charge on any atom is 0.277 e. The lowest BCUT2D eigenvalue weighted by molar-refractivity contribution is -0.130. The Morgan fingerprint density at radius 2 is 1.92 bits per heavy atom. The minimum Gasteiger partial charge on any atom is -0.415 e. The Labute approximate surface area is 156 Å². The van der Waals surface area contributed by atoms with Gasteiger partial charge in [0.2, 0.25) is 11.8 Å². The van der Waals surface area contributed by atoms with Crippen molar-refractivity contribution >= 4 is 35.1 Å². The van der Waals surface area contributed by atoms with Gasteiger partial charge in [-0.2, -0.15) is 11.8 Å². The molecule has 1 aliphatic heterocycles. The molecule has 1 aliphatic rings. The van der Waals surface area contributed by atoms with E-state index in [-0.39, 0.29) is 11.2 Å². The lowest BCUT2D eigenvalue weighted by Crippen LogP contribution is -2.50. The van der Waals surface area contributed by atoms with Gasteiger partial charge in [0, 0.05) is 31.9 Å². The number of amides is 1. The average Bonchev–Trinajstić information content (AvgIpc) is 3.09. The van der Waals surface area contributed by atoms with Gasteiger partial charge in [-0.1, -0.05) is 30.0 Å². The summed E-state index contributed by atoms with van der Waals surface area (Å²) in [6.45, 7) is 5.08. The Morgan fingerprint density at radius 3 is 2.60 bits per heavy atom. The lowest BCUT2D eigenvalue weighted by atomic mass is 10.2. The number of para-hydroxylation sites is 1. The molecule has 3 rings (SSSR count). The van der Waals surface area contributed by atoms with Crippen molar-refractivity contribution in [2.24, 2.45) is 0 Å². The zero-order valence-electron chi connectivity index (χ0n) is 14.4. The van der Waals surface area contributed by atoms with E-state index >= 15 is 0 Å². The van der Waals surface area contributed by atoms with Crippen LogP contribution in [0.1, 0.15) is 12.8 Å². The highest BCUT2D eigenvalue weighted by Crippen LogP contribution is 2.25. The van der Waals surface area contributed by atoms with E-state index < -0.39 is 0 Å². The summed E-state index contributed by atoms with van der Waals surface area (Å²) in [4.78, 5) is 16.9. The molecule has 0 radical (unpaired) electrons. The number of carbonyl (C=O) groups is 1. The first kappa shape index (κ1) is 18.1. The molecule has 0 aliphatic carbocycles. The smallest absolute Gasteiger partial charge is 0.277 e. The van der Waals surface area contributed by atoms with Gasteiger partial charge in [0.1, 0.15) is 0 Å². The van der Waals surface area contributed by atoms with Gasteiger partial charge >= 0.3 is 0 Å². The van der Waals surface area contributed by atoms with Crippen LogP contribution in [-0.2, 0) is 10.5 Å². The number of piperazine rings is 1. The topological polar surface area (TPSA) is 62.5 Å². The Bertz CT molecular complexity index is 687. The number of rotatable bonds is 6. The predicted molar refractivity (Wildman–Crippen MR) is 102 cm³/mol. The summed E-state index contributed by atoms with van der Waals surface area (Å²) >= 11 is 2.96. The molecule has 0 spiro atoms. The molecule has 1 aromatic heterocycles. The molecule has 8 heteroatoms. The standard InChI is InChI=1S/C17H22N4O2S2/c1-13(25-17-19-18-15(23-17)12-24-2)16(22)21-10-8-20(9-11-21)14-6-4-3-5-7-14/h3-7,13H,8-12H2,1-2H3. The van der Waals surface area contributed by atoms with Crippen LogP contribution in [0, 0.1) is 0 Å². The van der Waals surface area contributed by atoms with Crippen molar-refractivity contribution in [2.75, 3.05) is 37.3 Å². The Morgan fingerprint density at radius 1 is 1.20 bits per heavy atom. The molecule has 1 atom stereocenters. The summed E-state index contributed by atoms with van der Waals surface area (Å²) in [7, 11) is 0. The number of aromatic nitrogens is 2. The third kappa shape index (κ3) is 4.70. The largest absolute Gasteiger partial charge is 0.415 e. The van der Waals surface area contributed by atoms with Gasteiger partial charge in [-0.25, -0.2) is 0 Å². The van der Waals surface area contributed by atoms with Gasteiger partial charge in [-0.3, -0.25) is 4.79 Å². The van der Waals surface area contributed by atoms with Gasteiger partial charge < -0.3 is 14.2 Å². The minimum absolute atomic E-state index is 0.127. The number of hydrogen-bond donors (Lipinski definition) is 0. The number of hydrogen-bond acceptors (Lipinski definition) is 7. The molecule has 134 valence electrons. The van der Waals surface area contributed by atoms with Gasteiger partial charge in [0.15, 0.2) is 0 Å². The molecule has 1 saturated heterocycles. The van der Waals surface area contributed by atoms with E-state index in [0.29, 0.717) is 16.9 Å². The van der Waals surface area contributed by atoms with Crippen LogP contribution < -0.4 is 4.90 Å². The normalized spacial score (nSPS) is 16.1. The van der Waals surface area contributed by atoms with Gasteiger partial charge in [-0.05, 0) is 25.3 Å². The van der Waals surface area contributed by atoms with Gasteiger partial charge in [0.25, 0.3) is 5.22 Å². The molecule has 1 unspecified atom stereocenters. The molecule has 0 bridgehead atoms. The lowest BCUT2D eigenvalue weighted by Gasteiger charge is -2.37. The van der Waals surface area contributed by atoms with Crippen molar-refractivity contribution in [1.82, 2.24) is 15.1 Å². The zero-order valence-corrected chi connectivity index (χ0v) is 16.1. The number of anilines is 1. The number of carbonyl (C=O) groups excluding carboxylic acids is 1. The van der Waals surface area contributed by atoms with E-state index in [4.69, 9.17) is 4.42 Å². The predicted octanol–water partition coefficient (Wildman–Crippen LogP) is 2.76. The van der Waals surface area contributed by atoms with E-state index in [1.807, 2.05) is 36.3 Å². The van der Waals surface area contributed by atoms with Crippen molar-refractivity contribution in [3.63, 3.8) is 0 Å². The van der Waals surface area contributed by atoms with Crippen molar-refractivity contribution in [3.8, 4) is 0 Å². The highest BCUT2D eigenvalue weighted by Gasteiger charge is 2.27. The van der Waals surface area contributed by atoms with E-state index in [0.717, 1.165) is 26.2 Å². The minimum atomic E-state index is -0.231. The van der Waals surface area contributed by atoms with Crippen molar-refractivity contribution in [2.45, 2.75) is 23.1 Å². The van der Waals surface area contributed by atoms with E-state index in [9.17, 15) is 4.79 Å². The van der Waals surface area contributed by atoms with E-state index in [1.165, 1.54) is 17.4 Å². The molecule has 6 nitrogen and oxygen atoms in total. The summed E-state index contributed by atoms with van der Waals surface area (Å²) in [5, 5.41) is 8.23. The molecule has 2 aromatic rings. The molecule has 0 saturated carbocycles. The molecular weight excluding hydrogens is 356 g/mol. The average molecular weight is 379 g/mol. The van der Waals surface area contributed by atoms with Crippen LogP contribution >= 0.6 is 23.5 Å². The van der Waals surface area contributed by atoms with Crippen LogP contribution in [0.5, 0.6) is 0 Å². The molecule has 0 N–H and O–H groups in total. The van der Waals surface area contributed by atoms with Crippen LogP contribution in [0.25, 0.3) is 0 Å². The summed E-state index contributed by atoms with van der Waals surface area (Å²) in [5.41, 5.74) is 1.21. The van der Waals surface area contributed by atoms with Crippen LogP contribution in [0.3, 0.4) is 0 Å². The summed E-state index contributed by atoms with van der Waals surface area (Å²) < 4.78 is 5.55. The molecule has 2 heterocycles. The maximum absolute atomic E-state index is 12.7.